The van der Waals surface area contributed by atoms with E-state index < -0.39 is 10.0 Å². The maximum absolute atomic E-state index is 12.3. The Morgan fingerprint density at radius 1 is 1.08 bits per heavy atom. The Morgan fingerprint density at radius 2 is 1.71 bits per heavy atom. The number of primary sulfonamides is 1. The summed E-state index contributed by atoms with van der Waals surface area (Å²) in [5, 5.41) is 8.01. The minimum absolute atomic E-state index is 0.00450. The Balaban J connectivity index is 1.90. The molecule has 2 rings (SSSR count). The number of carbonyl (C=O) groups is 1. The fourth-order valence-electron chi connectivity index (χ4n) is 2.56. The van der Waals surface area contributed by atoms with Crippen molar-refractivity contribution in [1.82, 2.24) is 5.32 Å². The SMILES string of the molecule is CC[C@H](C(=O)NCCc1ccc(S(N)(=O)=O)cc1)c1ccccc1. The van der Waals surface area contributed by atoms with Gasteiger partial charge in [-0.15, -0.1) is 0 Å². The molecule has 0 spiro atoms. The van der Waals surface area contributed by atoms with Crippen LogP contribution in [0.2, 0.25) is 0 Å². The number of hydrogen-bond donors (Lipinski definition) is 2. The van der Waals surface area contributed by atoms with Gasteiger partial charge in [0.2, 0.25) is 15.9 Å². The number of benzene rings is 2. The van der Waals surface area contributed by atoms with Gasteiger partial charge in [-0.2, -0.15) is 0 Å². The molecule has 0 aliphatic rings. The zero-order chi connectivity index (χ0) is 17.6. The van der Waals surface area contributed by atoms with Crippen LogP contribution in [-0.4, -0.2) is 20.9 Å². The highest BCUT2D eigenvalue weighted by Crippen LogP contribution is 2.19. The first kappa shape index (κ1) is 18.2. The molecule has 0 aliphatic heterocycles. The van der Waals surface area contributed by atoms with E-state index in [4.69, 9.17) is 5.14 Å². The molecule has 1 amide bonds. The summed E-state index contributed by atoms with van der Waals surface area (Å²) in [6.45, 7) is 2.49. The van der Waals surface area contributed by atoms with E-state index in [2.05, 4.69) is 5.32 Å². The van der Waals surface area contributed by atoms with Crippen LogP contribution in [0.15, 0.2) is 59.5 Å². The van der Waals surface area contributed by atoms with Gasteiger partial charge in [-0.25, -0.2) is 13.6 Å². The van der Waals surface area contributed by atoms with Crippen LogP contribution in [0.4, 0.5) is 0 Å². The molecule has 0 unspecified atom stereocenters. The molecule has 0 heterocycles. The molecule has 24 heavy (non-hydrogen) atoms. The molecule has 0 radical (unpaired) electrons. The van der Waals surface area contributed by atoms with E-state index in [-0.39, 0.29) is 16.7 Å². The average molecular weight is 346 g/mol. The normalized spacial score (nSPS) is 12.6. The number of rotatable bonds is 7. The zero-order valence-electron chi connectivity index (χ0n) is 13.6. The molecule has 0 aliphatic carbocycles. The lowest BCUT2D eigenvalue weighted by atomic mass is 9.95. The molecular weight excluding hydrogens is 324 g/mol. The lowest BCUT2D eigenvalue weighted by Gasteiger charge is -2.15. The molecule has 6 heteroatoms. The van der Waals surface area contributed by atoms with E-state index in [0.717, 1.165) is 17.5 Å². The van der Waals surface area contributed by atoms with E-state index >= 15 is 0 Å². The van der Waals surface area contributed by atoms with Gasteiger partial charge in [0.15, 0.2) is 0 Å². The maximum Gasteiger partial charge on any atom is 0.238 e. The fourth-order valence-corrected chi connectivity index (χ4v) is 3.07. The van der Waals surface area contributed by atoms with Crippen LogP contribution in [-0.2, 0) is 21.2 Å². The van der Waals surface area contributed by atoms with E-state index in [0.29, 0.717) is 13.0 Å². The van der Waals surface area contributed by atoms with Crippen molar-refractivity contribution in [3.63, 3.8) is 0 Å². The fraction of sp³-hybridized carbons (Fsp3) is 0.278. The van der Waals surface area contributed by atoms with Crippen molar-refractivity contribution in [3.05, 3.63) is 65.7 Å². The second kappa shape index (κ2) is 8.08. The van der Waals surface area contributed by atoms with Crippen molar-refractivity contribution in [2.24, 2.45) is 5.14 Å². The predicted molar refractivity (Wildman–Crippen MR) is 94.0 cm³/mol. The van der Waals surface area contributed by atoms with Crippen LogP contribution in [0.5, 0.6) is 0 Å². The quantitative estimate of drug-likeness (QED) is 0.805. The molecule has 0 saturated carbocycles. The van der Waals surface area contributed by atoms with Crippen LogP contribution < -0.4 is 10.5 Å². The molecule has 128 valence electrons. The standard InChI is InChI=1S/C18H22N2O3S/c1-2-17(15-6-4-3-5-7-15)18(21)20-13-12-14-8-10-16(11-9-14)24(19,22)23/h3-11,17H,2,12-13H2,1H3,(H,20,21)(H2,19,22,23)/t17-/m0/s1. The van der Waals surface area contributed by atoms with Crippen LogP contribution in [0.1, 0.15) is 30.4 Å². The van der Waals surface area contributed by atoms with Gasteiger partial charge in [-0.1, -0.05) is 49.4 Å². The van der Waals surface area contributed by atoms with Crippen molar-refractivity contribution >= 4 is 15.9 Å². The van der Waals surface area contributed by atoms with Crippen molar-refractivity contribution in [1.29, 1.82) is 0 Å². The van der Waals surface area contributed by atoms with Crippen molar-refractivity contribution in [2.45, 2.75) is 30.6 Å². The Morgan fingerprint density at radius 3 is 2.25 bits per heavy atom. The molecule has 0 saturated heterocycles. The Hall–Kier alpha value is -2.18. The van der Waals surface area contributed by atoms with E-state index in [1.54, 1.807) is 12.1 Å². The lowest BCUT2D eigenvalue weighted by Crippen LogP contribution is -2.30. The highest BCUT2D eigenvalue weighted by atomic mass is 32.2. The third-order valence-electron chi connectivity index (χ3n) is 3.89. The first-order chi connectivity index (χ1) is 11.4. The average Bonchev–Trinajstić information content (AvgIpc) is 2.56. The van der Waals surface area contributed by atoms with Crippen LogP contribution in [0.25, 0.3) is 0 Å². The maximum atomic E-state index is 12.3. The van der Waals surface area contributed by atoms with E-state index in [9.17, 15) is 13.2 Å². The molecule has 5 nitrogen and oxygen atoms in total. The van der Waals surface area contributed by atoms with Crippen LogP contribution in [0, 0.1) is 0 Å². The van der Waals surface area contributed by atoms with Gasteiger partial charge in [-0.05, 0) is 36.1 Å². The van der Waals surface area contributed by atoms with Crippen molar-refractivity contribution < 1.29 is 13.2 Å². The summed E-state index contributed by atoms with van der Waals surface area (Å²) >= 11 is 0. The molecule has 0 fully saturated rings. The molecule has 0 bridgehead atoms. The third-order valence-corrected chi connectivity index (χ3v) is 4.82. The molecule has 2 aromatic carbocycles. The second-order valence-electron chi connectivity index (χ2n) is 5.60. The molecular formula is C18H22N2O3S. The Labute approximate surface area is 142 Å². The lowest BCUT2D eigenvalue weighted by molar-refractivity contribution is -0.122. The van der Waals surface area contributed by atoms with Gasteiger partial charge in [0, 0.05) is 6.54 Å². The minimum Gasteiger partial charge on any atom is -0.355 e. The zero-order valence-corrected chi connectivity index (χ0v) is 14.4. The number of carbonyl (C=O) groups excluding carboxylic acids is 1. The summed E-state index contributed by atoms with van der Waals surface area (Å²) in [6.07, 6.45) is 1.36. The Bertz CT molecular complexity index is 772. The first-order valence-electron chi connectivity index (χ1n) is 7.86. The molecule has 3 N–H and O–H groups in total. The highest BCUT2D eigenvalue weighted by molar-refractivity contribution is 7.89. The summed E-state index contributed by atoms with van der Waals surface area (Å²) < 4.78 is 22.4. The van der Waals surface area contributed by atoms with Gasteiger partial charge in [-0.3, -0.25) is 4.79 Å². The van der Waals surface area contributed by atoms with Crippen molar-refractivity contribution in [2.75, 3.05) is 6.54 Å². The summed E-state index contributed by atoms with van der Waals surface area (Å²) in [7, 11) is -3.67. The predicted octanol–water partition coefficient (Wildman–Crippen LogP) is 2.19. The van der Waals surface area contributed by atoms with E-state index in [1.165, 1.54) is 12.1 Å². The first-order valence-corrected chi connectivity index (χ1v) is 9.41. The Kier molecular flexibility index (Phi) is 6.11. The van der Waals surface area contributed by atoms with Gasteiger partial charge in [0.1, 0.15) is 0 Å². The second-order valence-corrected chi connectivity index (χ2v) is 7.16. The number of nitrogens with one attached hydrogen (secondary N) is 1. The molecule has 2 aromatic rings. The third kappa shape index (κ3) is 4.91. The summed E-state index contributed by atoms with van der Waals surface area (Å²) in [6, 6.07) is 16.1. The molecule has 0 aromatic heterocycles. The topological polar surface area (TPSA) is 89.3 Å². The number of nitrogens with two attached hydrogens (primary N) is 1. The van der Waals surface area contributed by atoms with E-state index in [1.807, 2.05) is 37.3 Å². The van der Waals surface area contributed by atoms with Gasteiger partial charge >= 0.3 is 0 Å². The van der Waals surface area contributed by atoms with Gasteiger partial charge < -0.3 is 5.32 Å². The highest BCUT2D eigenvalue weighted by Gasteiger charge is 2.17. The summed E-state index contributed by atoms with van der Waals surface area (Å²) in [4.78, 5) is 12.4. The summed E-state index contributed by atoms with van der Waals surface area (Å²) in [5.41, 5.74) is 1.95. The number of amides is 1. The largest absolute Gasteiger partial charge is 0.355 e. The van der Waals surface area contributed by atoms with Gasteiger partial charge in [0.25, 0.3) is 0 Å². The van der Waals surface area contributed by atoms with Crippen LogP contribution in [0.3, 0.4) is 0 Å². The van der Waals surface area contributed by atoms with Crippen molar-refractivity contribution in [3.8, 4) is 0 Å². The van der Waals surface area contributed by atoms with Gasteiger partial charge in [0.05, 0.1) is 10.8 Å². The van der Waals surface area contributed by atoms with Crippen LogP contribution >= 0.6 is 0 Å². The summed E-state index contributed by atoms with van der Waals surface area (Å²) in [5.74, 6) is -0.152. The number of sulfonamides is 1. The number of hydrogen-bond acceptors (Lipinski definition) is 3. The molecule has 1 atom stereocenters. The minimum atomic E-state index is -3.67. The monoisotopic (exact) mass is 346 g/mol. The smallest absolute Gasteiger partial charge is 0.238 e.